The van der Waals surface area contributed by atoms with Crippen LogP contribution in [0, 0.1) is 5.92 Å². The average Bonchev–Trinajstić information content (AvgIpc) is 2.58. The molecule has 2 rings (SSSR count). The molecule has 3 nitrogen and oxygen atoms in total. The van der Waals surface area contributed by atoms with Crippen LogP contribution in [0.3, 0.4) is 0 Å². The molecule has 2 N–H and O–H groups in total. The lowest BCUT2D eigenvalue weighted by Gasteiger charge is -2.09. The van der Waals surface area contributed by atoms with E-state index in [0.29, 0.717) is 5.56 Å². The molecule has 24 heavy (non-hydrogen) atoms. The minimum absolute atomic E-state index is 0.411. The second-order valence-electron chi connectivity index (χ2n) is 6.56. The summed E-state index contributed by atoms with van der Waals surface area (Å²) in [6.45, 7) is 5.26. The molecule has 2 aromatic carbocycles. The van der Waals surface area contributed by atoms with Gasteiger partial charge in [-0.2, -0.15) is 0 Å². The smallest absolute Gasteiger partial charge is 0.248 e. The highest BCUT2D eigenvalue weighted by Crippen LogP contribution is 2.25. The molecule has 0 saturated carbocycles. The molecule has 128 valence electrons. The number of rotatable bonds is 9. The van der Waals surface area contributed by atoms with Gasteiger partial charge >= 0.3 is 0 Å². The summed E-state index contributed by atoms with van der Waals surface area (Å²) in [4.78, 5) is 11.3. The highest BCUT2D eigenvalue weighted by atomic mass is 16.5. The summed E-state index contributed by atoms with van der Waals surface area (Å²) >= 11 is 0. The average molecular weight is 325 g/mol. The normalized spacial score (nSPS) is 10.8. The molecule has 0 saturated heterocycles. The number of hydrogen-bond acceptors (Lipinski definition) is 2. The Labute approximate surface area is 144 Å². The molecular formula is C21H27NO2. The third kappa shape index (κ3) is 5.73. The fraction of sp³-hybridized carbons (Fsp3) is 0.381. The van der Waals surface area contributed by atoms with E-state index in [2.05, 4.69) is 13.8 Å². The fourth-order valence-electron chi connectivity index (χ4n) is 2.64. The summed E-state index contributed by atoms with van der Waals surface area (Å²) in [6.07, 6.45) is 4.83. The number of hydrogen-bond donors (Lipinski definition) is 1. The van der Waals surface area contributed by atoms with E-state index < -0.39 is 5.91 Å². The van der Waals surface area contributed by atoms with Crippen molar-refractivity contribution in [3.8, 4) is 16.9 Å². The maximum Gasteiger partial charge on any atom is 0.248 e. The van der Waals surface area contributed by atoms with Gasteiger partial charge in [0.05, 0.1) is 6.61 Å². The van der Waals surface area contributed by atoms with Gasteiger partial charge in [0.2, 0.25) is 5.91 Å². The van der Waals surface area contributed by atoms with E-state index in [1.165, 1.54) is 19.3 Å². The second kappa shape index (κ2) is 9.11. The van der Waals surface area contributed by atoms with Gasteiger partial charge in [-0.25, -0.2) is 0 Å². The van der Waals surface area contributed by atoms with Crippen LogP contribution >= 0.6 is 0 Å². The van der Waals surface area contributed by atoms with Crippen LogP contribution in [0.2, 0.25) is 0 Å². The van der Waals surface area contributed by atoms with Gasteiger partial charge in [0.25, 0.3) is 0 Å². The third-order valence-electron chi connectivity index (χ3n) is 4.01. The molecule has 0 aliphatic carbocycles. The van der Waals surface area contributed by atoms with E-state index in [0.717, 1.165) is 35.8 Å². The van der Waals surface area contributed by atoms with E-state index >= 15 is 0 Å². The lowest BCUT2D eigenvalue weighted by Crippen LogP contribution is -2.10. The monoisotopic (exact) mass is 325 g/mol. The Bertz CT molecular complexity index is 664. The number of carbonyl (C=O) groups excluding carboxylic acids is 1. The standard InChI is InChI=1S/C21H27NO2/c1-16(2)8-4-3-5-13-24-20-12-7-10-18(15-20)17-9-6-11-19(14-17)21(22)23/h6-7,9-12,14-16H,3-5,8,13H2,1-2H3,(H2,22,23). The Morgan fingerprint density at radius 1 is 1.00 bits per heavy atom. The molecule has 0 unspecified atom stereocenters. The third-order valence-corrected chi connectivity index (χ3v) is 4.01. The number of ether oxygens (including phenoxy) is 1. The lowest BCUT2D eigenvalue weighted by molar-refractivity contribution is 0.100. The van der Waals surface area contributed by atoms with Crippen LogP contribution in [0.4, 0.5) is 0 Å². The van der Waals surface area contributed by atoms with Crippen LogP contribution in [0.1, 0.15) is 49.9 Å². The van der Waals surface area contributed by atoms with Crippen LogP contribution in [-0.4, -0.2) is 12.5 Å². The molecule has 0 aromatic heterocycles. The minimum Gasteiger partial charge on any atom is -0.494 e. The first-order valence-electron chi connectivity index (χ1n) is 8.69. The van der Waals surface area contributed by atoms with Gasteiger partial charge in [-0.1, -0.05) is 57.4 Å². The molecular weight excluding hydrogens is 298 g/mol. The Morgan fingerprint density at radius 2 is 1.71 bits per heavy atom. The van der Waals surface area contributed by atoms with Crippen LogP contribution in [0.25, 0.3) is 11.1 Å². The van der Waals surface area contributed by atoms with Crippen LogP contribution < -0.4 is 10.5 Å². The molecule has 0 spiro atoms. The first-order valence-corrected chi connectivity index (χ1v) is 8.69. The molecule has 0 aliphatic heterocycles. The van der Waals surface area contributed by atoms with Crippen molar-refractivity contribution in [2.45, 2.75) is 39.5 Å². The van der Waals surface area contributed by atoms with Gasteiger partial charge in [0, 0.05) is 5.56 Å². The fourth-order valence-corrected chi connectivity index (χ4v) is 2.64. The summed E-state index contributed by atoms with van der Waals surface area (Å²) in [5, 5.41) is 0. The van der Waals surface area contributed by atoms with Crippen molar-refractivity contribution in [3.05, 3.63) is 54.1 Å². The van der Waals surface area contributed by atoms with Crippen molar-refractivity contribution in [1.29, 1.82) is 0 Å². The highest BCUT2D eigenvalue weighted by Gasteiger charge is 2.04. The Kier molecular flexibility index (Phi) is 6.86. The molecule has 0 bridgehead atoms. The van der Waals surface area contributed by atoms with Crippen molar-refractivity contribution in [3.63, 3.8) is 0 Å². The zero-order valence-corrected chi connectivity index (χ0v) is 14.6. The predicted octanol–water partition coefficient (Wildman–Crippen LogP) is 5.05. The van der Waals surface area contributed by atoms with Gasteiger partial charge in [-0.15, -0.1) is 0 Å². The van der Waals surface area contributed by atoms with Gasteiger partial charge in [-0.3, -0.25) is 4.79 Å². The van der Waals surface area contributed by atoms with Crippen molar-refractivity contribution in [1.82, 2.24) is 0 Å². The summed E-state index contributed by atoms with van der Waals surface area (Å²) < 4.78 is 5.86. The second-order valence-corrected chi connectivity index (χ2v) is 6.56. The largest absolute Gasteiger partial charge is 0.494 e. The first-order chi connectivity index (χ1) is 11.6. The summed E-state index contributed by atoms with van der Waals surface area (Å²) in [5.41, 5.74) is 7.86. The van der Waals surface area contributed by atoms with Gasteiger partial charge in [0.1, 0.15) is 5.75 Å². The van der Waals surface area contributed by atoms with E-state index in [9.17, 15) is 4.79 Å². The molecule has 0 aliphatic rings. The topological polar surface area (TPSA) is 52.3 Å². The molecule has 2 aromatic rings. The maximum atomic E-state index is 11.3. The SMILES string of the molecule is CC(C)CCCCCOc1cccc(-c2cccc(C(N)=O)c2)c1. The molecule has 0 heterocycles. The first kappa shape index (κ1) is 18.1. The summed E-state index contributed by atoms with van der Waals surface area (Å²) in [5.74, 6) is 1.23. The van der Waals surface area contributed by atoms with Crippen LogP contribution in [0.15, 0.2) is 48.5 Å². The number of unbranched alkanes of at least 4 members (excludes halogenated alkanes) is 2. The van der Waals surface area contributed by atoms with Gasteiger partial charge < -0.3 is 10.5 Å². The number of primary amides is 1. The number of carbonyl (C=O) groups is 1. The maximum absolute atomic E-state index is 11.3. The summed E-state index contributed by atoms with van der Waals surface area (Å²) in [7, 11) is 0. The van der Waals surface area contributed by atoms with Crippen molar-refractivity contribution in [2.24, 2.45) is 11.7 Å². The number of amides is 1. The molecule has 0 fully saturated rings. The Morgan fingerprint density at radius 3 is 2.42 bits per heavy atom. The van der Waals surface area contributed by atoms with E-state index in [4.69, 9.17) is 10.5 Å². The highest BCUT2D eigenvalue weighted by molar-refractivity contribution is 5.94. The van der Waals surface area contributed by atoms with E-state index in [1.54, 1.807) is 6.07 Å². The van der Waals surface area contributed by atoms with E-state index in [1.807, 2.05) is 42.5 Å². The lowest BCUT2D eigenvalue weighted by atomic mass is 10.0. The number of benzene rings is 2. The van der Waals surface area contributed by atoms with Crippen LogP contribution in [-0.2, 0) is 0 Å². The predicted molar refractivity (Wildman–Crippen MR) is 99.2 cm³/mol. The van der Waals surface area contributed by atoms with Crippen LogP contribution in [0.5, 0.6) is 5.75 Å². The Balaban J connectivity index is 1.92. The van der Waals surface area contributed by atoms with Gasteiger partial charge in [-0.05, 0) is 47.7 Å². The zero-order chi connectivity index (χ0) is 17.4. The minimum atomic E-state index is -0.411. The molecule has 3 heteroatoms. The van der Waals surface area contributed by atoms with Crippen molar-refractivity contribution >= 4 is 5.91 Å². The summed E-state index contributed by atoms with van der Waals surface area (Å²) in [6, 6.07) is 15.3. The van der Waals surface area contributed by atoms with Crippen molar-refractivity contribution in [2.75, 3.05) is 6.61 Å². The van der Waals surface area contributed by atoms with Gasteiger partial charge in [0.15, 0.2) is 0 Å². The molecule has 1 amide bonds. The molecule has 0 radical (unpaired) electrons. The number of nitrogens with two attached hydrogens (primary N) is 1. The molecule has 0 atom stereocenters. The van der Waals surface area contributed by atoms with E-state index in [-0.39, 0.29) is 0 Å². The zero-order valence-electron chi connectivity index (χ0n) is 14.6. The van der Waals surface area contributed by atoms with Crippen molar-refractivity contribution < 1.29 is 9.53 Å². The quantitative estimate of drug-likeness (QED) is 0.656. The Hall–Kier alpha value is -2.29.